The lowest BCUT2D eigenvalue weighted by molar-refractivity contribution is -0.126. The fourth-order valence-corrected chi connectivity index (χ4v) is 10.3. The van der Waals surface area contributed by atoms with Crippen molar-refractivity contribution in [1.82, 2.24) is 0 Å². The summed E-state index contributed by atoms with van der Waals surface area (Å²) in [6, 6.07) is 18.6. The van der Waals surface area contributed by atoms with Gasteiger partial charge in [-0.2, -0.15) is 0 Å². The third kappa shape index (κ3) is 5.69. The molecule has 0 bridgehead atoms. The lowest BCUT2D eigenvalue weighted by atomic mass is 9.57. The molecule has 2 aliphatic carbocycles. The van der Waals surface area contributed by atoms with E-state index in [9.17, 15) is 24.3 Å². The molecule has 6 unspecified atom stereocenters. The fourth-order valence-electron chi connectivity index (χ4n) is 9.67. The van der Waals surface area contributed by atoms with Crippen LogP contribution in [-0.2, 0) is 28.7 Å². The molecular formula is C41H41IN4O8. The Labute approximate surface area is 326 Å². The Morgan fingerprint density at radius 1 is 0.667 bits per heavy atom. The number of amides is 4. The van der Waals surface area contributed by atoms with Gasteiger partial charge in [-0.15, -0.1) is 0 Å². The minimum absolute atomic E-state index is 0.00824. The molecule has 4 aliphatic heterocycles. The van der Waals surface area contributed by atoms with Gasteiger partial charge in [-0.3, -0.25) is 29.0 Å². The van der Waals surface area contributed by atoms with Gasteiger partial charge in [0, 0.05) is 43.5 Å². The van der Waals surface area contributed by atoms with Crippen molar-refractivity contribution in [2.24, 2.45) is 29.6 Å². The SMILES string of the molecule is COc1cc(C2C3=CCC4C(=O)N(c5ccc(N6CCOCC6)cc5)C(=O)C4C3CC3C(=O)N(c4ccc(N5CCOCC5)cc4)C(=O)C32)cc(I)c1O. The highest BCUT2D eigenvalue weighted by molar-refractivity contribution is 14.1. The summed E-state index contributed by atoms with van der Waals surface area (Å²) in [5.74, 6) is -4.59. The van der Waals surface area contributed by atoms with E-state index >= 15 is 0 Å². The Hall–Kier alpha value is -4.47. The number of phenolic OH excluding ortho intramolecular Hbond substituents is 1. The monoisotopic (exact) mass is 844 g/mol. The van der Waals surface area contributed by atoms with Crippen LogP contribution in [0.5, 0.6) is 11.5 Å². The lowest BCUT2D eigenvalue weighted by Gasteiger charge is -2.44. The topological polar surface area (TPSA) is 129 Å². The number of carbonyl (C=O) groups excluding carboxylic acids is 4. The number of morpholine rings is 2. The van der Waals surface area contributed by atoms with Crippen molar-refractivity contribution < 1.29 is 38.5 Å². The minimum Gasteiger partial charge on any atom is -0.504 e. The molecule has 9 rings (SSSR count). The number of nitrogens with zero attached hydrogens (tertiary/aromatic N) is 4. The van der Waals surface area contributed by atoms with Crippen molar-refractivity contribution in [2.45, 2.75) is 18.8 Å². The van der Waals surface area contributed by atoms with Gasteiger partial charge < -0.3 is 29.1 Å². The van der Waals surface area contributed by atoms with E-state index < -0.39 is 35.5 Å². The summed E-state index contributed by atoms with van der Waals surface area (Å²) in [6.45, 7) is 5.65. The van der Waals surface area contributed by atoms with Crippen LogP contribution in [0.25, 0.3) is 0 Å². The molecule has 6 aliphatic rings. The molecule has 1 saturated carbocycles. The number of methoxy groups -OCH3 is 1. The number of benzene rings is 3. The molecule has 0 radical (unpaired) electrons. The van der Waals surface area contributed by atoms with Crippen molar-refractivity contribution in [3.63, 3.8) is 0 Å². The Bertz CT molecular complexity index is 2040. The molecule has 0 spiro atoms. The first-order chi connectivity index (χ1) is 26.2. The van der Waals surface area contributed by atoms with E-state index in [0.717, 1.165) is 48.7 Å². The van der Waals surface area contributed by atoms with Crippen LogP contribution in [0, 0.1) is 33.2 Å². The van der Waals surface area contributed by atoms with Gasteiger partial charge in [0.15, 0.2) is 11.5 Å². The maximum absolute atomic E-state index is 14.7. The minimum atomic E-state index is -0.739. The summed E-state index contributed by atoms with van der Waals surface area (Å²) in [5.41, 5.74) is 4.64. The van der Waals surface area contributed by atoms with Crippen molar-refractivity contribution in [3.8, 4) is 11.5 Å². The molecular weight excluding hydrogens is 803 g/mol. The van der Waals surface area contributed by atoms with Crippen LogP contribution in [0.2, 0.25) is 0 Å². The highest BCUT2D eigenvalue weighted by Gasteiger charge is 2.62. The van der Waals surface area contributed by atoms with Crippen molar-refractivity contribution >= 4 is 69.0 Å². The number of halogens is 1. The number of aromatic hydroxyl groups is 1. The average molecular weight is 845 g/mol. The number of rotatable bonds is 6. The summed E-state index contributed by atoms with van der Waals surface area (Å²) in [5, 5.41) is 10.8. The number of anilines is 4. The van der Waals surface area contributed by atoms with Gasteiger partial charge in [-0.1, -0.05) is 11.6 Å². The quantitative estimate of drug-likeness (QED) is 0.212. The van der Waals surface area contributed by atoms with Gasteiger partial charge in [-0.25, -0.2) is 0 Å². The Balaban J connectivity index is 1.07. The molecule has 6 atom stereocenters. The number of allylic oxidation sites excluding steroid dienone is 2. The Morgan fingerprint density at radius 3 is 1.70 bits per heavy atom. The zero-order chi connectivity index (χ0) is 37.2. The first-order valence-corrected chi connectivity index (χ1v) is 19.7. The van der Waals surface area contributed by atoms with E-state index in [1.807, 2.05) is 83.3 Å². The molecule has 3 aromatic rings. The van der Waals surface area contributed by atoms with Crippen LogP contribution in [0.4, 0.5) is 22.7 Å². The summed E-state index contributed by atoms with van der Waals surface area (Å²) >= 11 is 2.04. The molecule has 13 heteroatoms. The van der Waals surface area contributed by atoms with Crippen LogP contribution in [0.1, 0.15) is 24.3 Å². The van der Waals surface area contributed by atoms with E-state index in [-0.39, 0.29) is 41.5 Å². The fraction of sp³-hybridized carbons (Fsp3) is 0.415. The summed E-state index contributed by atoms with van der Waals surface area (Å²) < 4.78 is 17.1. The predicted molar refractivity (Wildman–Crippen MR) is 209 cm³/mol. The maximum Gasteiger partial charge on any atom is 0.238 e. The van der Waals surface area contributed by atoms with Gasteiger partial charge in [0.25, 0.3) is 0 Å². The van der Waals surface area contributed by atoms with Gasteiger partial charge >= 0.3 is 0 Å². The second-order valence-corrected chi connectivity index (χ2v) is 16.0. The first-order valence-electron chi connectivity index (χ1n) is 18.6. The number of hydrogen-bond acceptors (Lipinski definition) is 10. The van der Waals surface area contributed by atoms with Crippen LogP contribution in [-0.4, -0.2) is 88.5 Å². The van der Waals surface area contributed by atoms with Crippen LogP contribution < -0.4 is 24.3 Å². The molecule has 54 heavy (non-hydrogen) atoms. The molecule has 3 aromatic carbocycles. The van der Waals surface area contributed by atoms with Gasteiger partial charge in [-0.05, 0) is 108 Å². The highest BCUT2D eigenvalue weighted by atomic mass is 127. The van der Waals surface area contributed by atoms with Gasteiger partial charge in [0.1, 0.15) is 0 Å². The Kier molecular flexibility index (Phi) is 9.13. The van der Waals surface area contributed by atoms with E-state index in [4.69, 9.17) is 14.2 Å². The molecule has 4 amide bonds. The Morgan fingerprint density at radius 2 is 1.17 bits per heavy atom. The number of ether oxygens (including phenoxy) is 3. The molecule has 5 fully saturated rings. The molecule has 12 nitrogen and oxygen atoms in total. The maximum atomic E-state index is 14.7. The van der Waals surface area contributed by atoms with Gasteiger partial charge in [0.2, 0.25) is 23.6 Å². The van der Waals surface area contributed by atoms with Crippen molar-refractivity contribution in [1.29, 1.82) is 0 Å². The summed E-state index contributed by atoms with van der Waals surface area (Å²) in [4.78, 5) is 64.9. The van der Waals surface area contributed by atoms with Crippen LogP contribution >= 0.6 is 22.6 Å². The zero-order valence-electron chi connectivity index (χ0n) is 29.9. The summed E-state index contributed by atoms with van der Waals surface area (Å²) in [6.07, 6.45) is 2.65. The largest absolute Gasteiger partial charge is 0.504 e. The number of fused-ring (bicyclic) bond motifs is 4. The molecule has 280 valence electrons. The smallest absolute Gasteiger partial charge is 0.238 e. The molecule has 0 aromatic heterocycles. The molecule has 4 saturated heterocycles. The van der Waals surface area contributed by atoms with E-state index in [1.54, 1.807) is 6.07 Å². The lowest BCUT2D eigenvalue weighted by Crippen LogP contribution is -2.43. The standard InChI is InChI=1S/C41H41IN4O8/c1-52-33-21-23(20-32(42)37(33)47)34-28-10-11-29-35(40(50)45(38(29)48)26-6-2-24(3-7-26)43-12-16-53-17-13-43)30(28)22-31-36(34)41(51)46(39(31)49)27-8-4-25(5-9-27)44-14-18-54-19-15-44/h2-10,20-21,29-31,34-36,47H,11-19,22H2,1H3. The number of imide groups is 2. The predicted octanol–water partition coefficient (Wildman–Crippen LogP) is 4.72. The second-order valence-electron chi connectivity index (χ2n) is 14.8. The third-order valence-electron chi connectivity index (χ3n) is 12.2. The second kappa shape index (κ2) is 14.0. The molecule has 4 heterocycles. The van der Waals surface area contributed by atoms with Crippen molar-refractivity contribution in [3.05, 3.63) is 81.4 Å². The van der Waals surface area contributed by atoms with Crippen LogP contribution in [0.3, 0.4) is 0 Å². The van der Waals surface area contributed by atoms with E-state index in [2.05, 4.69) is 9.80 Å². The summed E-state index contributed by atoms with van der Waals surface area (Å²) in [7, 11) is 1.48. The van der Waals surface area contributed by atoms with E-state index in [0.29, 0.717) is 47.8 Å². The van der Waals surface area contributed by atoms with Gasteiger partial charge in [0.05, 0.1) is 72.2 Å². The third-order valence-corrected chi connectivity index (χ3v) is 13.1. The number of carbonyl (C=O) groups is 4. The molecule has 1 N–H and O–H groups in total. The van der Waals surface area contributed by atoms with E-state index in [1.165, 1.54) is 16.9 Å². The van der Waals surface area contributed by atoms with Crippen molar-refractivity contribution in [2.75, 3.05) is 79.3 Å². The zero-order valence-corrected chi connectivity index (χ0v) is 32.0. The normalized spacial score (nSPS) is 28.2. The average Bonchev–Trinajstić information content (AvgIpc) is 3.62. The first kappa shape index (κ1) is 35.2. The van der Waals surface area contributed by atoms with Crippen LogP contribution in [0.15, 0.2) is 72.3 Å². The highest BCUT2D eigenvalue weighted by Crippen LogP contribution is 2.59. The number of phenols is 1. The number of hydrogen-bond donors (Lipinski definition) is 1.